The third-order valence-electron chi connectivity index (χ3n) is 3.57. The van der Waals surface area contributed by atoms with E-state index in [9.17, 15) is 9.90 Å². The van der Waals surface area contributed by atoms with Crippen LogP contribution < -0.4 is 5.11 Å². The van der Waals surface area contributed by atoms with E-state index in [0.717, 1.165) is 12.8 Å². The number of alkyl halides is 1. The van der Waals surface area contributed by atoms with Crippen molar-refractivity contribution in [1.29, 1.82) is 0 Å². The predicted molar refractivity (Wildman–Crippen MR) is 83.4 cm³/mol. The summed E-state index contributed by atoms with van der Waals surface area (Å²) in [7, 11) is 0. The van der Waals surface area contributed by atoms with Crippen LogP contribution in [0.1, 0.15) is 90.4 Å². The summed E-state index contributed by atoms with van der Waals surface area (Å²) < 4.78 is 0. The van der Waals surface area contributed by atoms with Crippen LogP contribution in [-0.4, -0.2) is 10.8 Å². The van der Waals surface area contributed by atoms with Crippen LogP contribution in [0.3, 0.4) is 0 Å². The molecule has 0 aromatic rings. The average molecular weight is 442 g/mol. The van der Waals surface area contributed by atoms with E-state index in [-0.39, 0.29) is 22.4 Å². The maximum absolute atomic E-state index is 10.5. The second kappa shape index (κ2) is 17.7. The maximum atomic E-state index is 10.5. The van der Waals surface area contributed by atoms with Crippen LogP contribution in [0.25, 0.3) is 0 Å². The minimum atomic E-state index is -0.983. The van der Waals surface area contributed by atoms with Crippen LogP contribution in [0.5, 0.6) is 0 Å². The quantitative estimate of drug-likeness (QED) is 0.224. The third kappa shape index (κ3) is 16.7. The summed E-state index contributed by atoms with van der Waals surface area (Å²) in [6, 6.07) is 0. The van der Waals surface area contributed by atoms with Crippen molar-refractivity contribution in [3.8, 4) is 0 Å². The third-order valence-corrected chi connectivity index (χ3v) is 4.40. The van der Waals surface area contributed by atoms with Gasteiger partial charge in [0.25, 0.3) is 0 Å². The Morgan fingerprint density at radius 2 is 1.20 bits per heavy atom. The molecule has 0 saturated carbocycles. The molecule has 0 radical (unpaired) electrons. The summed E-state index contributed by atoms with van der Waals surface area (Å²) in [5.74, 6) is -0.983. The van der Waals surface area contributed by atoms with Crippen molar-refractivity contribution in [2.75, 3.05) is 0 Å². The van der Waals surface area contributed by atoms with Crippen molar-refractivity contribution in [2.45, 2.75) is 95.2 Å². The predicted octanol–water partition coefficient (Wildman–Crippen LogP) is 4.59. The summed E-state index contributed by atoms with van der Waals surface area (Å²) >= 11 is 3.11. The first-order chi connectivity index (χ1) is 9.18. The Balaban J connectivity index is 0. The smallest absolute Gasteiger partial charge is 0.549 e. The van der Waals surface area contributed by atoms with Gasteiger partial charge in [0.1, 0.15) is 0 Å². The maximum Gasteiger partial charge on any atom is 1.00 e. The molecule has 0 N–H and O–H groups in total. The second-order valence-corrected chi connectivity index (χ2v) is 6.57. The Kier molecular flexibility index (Phi) is 20.4. The minimum absolute atomic E-state index is 0. The molecule has 0 fully saturated rings. The van der Waals surface area contributed by atoms with Crippen molar-refractivity contribution in [2.24, 2.45) is 0 Å². The Labute approximate surface area is 149 Å². The van der Waals surface area contributed by atoms with Gasteiger partial charge in [0, 0.05) is 0 Å². The molecule has 0 heterocycles. The van der Waals surface area contributed by atoms with Crippen molar-refractivity contribution in [1.82, 2.24) is 0 Å². The van der Waals surface area contributed by atoms with Gasteiger partial charge in [0.05, 0.1) is 10.8 Å². The normalized spacial score (nSPS) is 11.9. The summed E-state index contributed by atoms with van der Waals surface area (Å²) in [5.41, 5.74) is 0. The Morgan fingerprint density at radius 3 is 1.55 bits per heavy atom. The molecule has 1 atom stereocenters. The van der Waals surface area contributed by atoms with E-state index in [4.69, 9.17) is 0 Å². The monoisotopic (exact) mass is 440 g/mol. The van der Waals surface area contributed by atoms with Crippen molar-refractivity contribution in [3.63, 3.8) is 0 Å². The number of aliphatic carboxylic acids is 1. The summed E-state index contributed by atoms with van der Waals surface area (Å²) in [6.07, 6.45) is 16.4. The summed E-state index contributed by atoms with van der Waals surface area (Å²) in [4.78, 5) is 10.0. The molecule has 0 amide bonds. The number of carbonyl (C=O) groups excluding carboxylic acids is 1. The standard InChI is InChI=1S/C16H31BrO2.Ag/c1-2-3-4-5-6-7-8-9-10-11-12-13-14-15(17)16(18)19;/h15H,2-14H2,1H3,(H,18,19);/q;+1/p-1. The number of carboxylic acids is 1. The van der Waals surface area contributed by atoms with Gasteiger partial charge in [-0.3, -0.25) is 0 Å². The SMILES string of the molecule is CCCCCCCCCCCCCCC(Br)C(=O)[O-].[Ag+]. The van der Waals surface area contributed by atoms with Gasteiger partial charge in [-0.25, -0.2) is 0 Å². The molecule has 0 bridgehead atoms. The van der Waals surface area contributed by atoms with E-state index >= 15 is 0 Å². The van der Waals surface area contributed by atoms with E-state index in [1.807, 2.05) is 0 Å². The largest absolute Gasteiger partial charge is 1.00 e. The van der Waals surface area contributed by atoms with Crippen LogP contribution in [0.4, 0.5) is 0 Å². The number of carboxylic acid groups (broad SMARTS) is 1. The molecule has 0 aliphatic rings. The van der Waals surface area contributed by atoms with Crippen LogP contribution >= 0.6 is 15.9 Å². The molecule has 0 aliphatic carbocycles. The molecular formula is C16H30AgBrO2. The molecule has 4 heteroatoms. The molecule has 0 spiro atoms. The van der Waals surface area contributed by atoms with Crippen LogP contribution in [0.15, 0.2) is 0 Å². The number of hydrogen-bond acceptors (Lipinski definition) is 2. The zero-order valence-electron chi connectivity index (χ0n) is 12.8. The zero-order chi connectivity index (χ0) is 14.3. The number of carbonyl (C=O) groups is 1. The van der Waals surface area contributed by atoms with Gasteiger partial charge < -0.3 is 9.90 Å². The van der Waals surface area contributed by atoms with E-state index in [2.05, 4.69) is 22.9 Å². The van der Waals surface area contributed by atoms with E-state index < -0.39 is 10.8 Å². The molecule has 1 unspecified atom stereocenters. The van der Waals surface area contributed by atoms with Gasteiger partial charge in [-0.2, -0.15) is 0 Å². The van der Waals surface area contributed by atoms with Gasteiger partial charge in [-0.1, -0.05) is 99.9 Å². The molecule has 2 nitrogen and oxygen atoms in total. The second-order valence-electron chi connectivity index (χ2n) is 5.46. The minimum Gasteiger partial charge on any atom is -0.549 e. The average Bonchev–Trinajstić information content (AvgIpc) is 2.39. The molecule has 0 aromatic carbocycles. The summed E-state index contributed by atoms with van der Waals surface area (Å²) in [6.45, 7) is 2.25. The fraction of sp³-hybridized carbons (Fsp3) is 0.938. The van der Waals surface area contributed by atoms with E-state index in [1.165, 1.54) is 64.2 Å². The van der Waals surface area contributed by atoms with Gasteiger partial charge in [-0.05, 0) is 6.42 Å². The first-order valence-corrected chi connectivity index (χ1v) is 8.95. The Bertz CT molecular complexity index is 213. The topological polar surface area (TPSA) is 40.1 Å². The van der Waals surface area contributed by atoms with Crippen LogP contribution in [0, 0.1) is 0 Å². The van der Waals surface area contributed by atoms with Crippen molar-refractivity contribution in [3.05, 3.63) is 0 Å². The number of rotatable bonds is 14. The first kappa shape index (κ1) is 23.0. The molecule has 0 aliphatic heterocycles. The fourth-order valence-corrected chi connectivity index (χ4v) is 2.61. The van der Waals surface area contributed by atoms with E-state index in [0.29, 0.717) is 6.42 Å². The molecule has 0 rings (SSSR count). The zero-order valence-corrected chi connectivity index (χ0v) is 15.8. The first-order valence-electron chi connectivity index (χ1n) is 8.03. The van der Waals surface area contributed by atoms with Crippen LogP contribution in [0.2, 0.25) is 0 Å². The summed E-state index contributed by atoms with van der Waals surface area (Å²) in [5, 5.41) is 10.5. The molecule has 124 valence electrons. The molecular weight excluding hydrogens is 412 g/mol. The molecule has 20 heavy (non-hydrogen) atoms. The van der Waals surface area contributed by atoms with Crippen LogP contribution in [-0.2, 0) is 27.2 Å². The number of halogens is 1. The fourth-order valence-electron chi connectivity index (χ4n) is 2.28. The number of hydrogen-bond donors (Lipinski definition) is 0. The Hall–Kier alpha value is 0.690. The number of unbranched alkanes of at least 4 members (excludes halogenated alkanes) is 11. The van der Waals surface area contributed by atoms with Gasteiger partial charge in [0.15, 0.2) is 0 Å². The van der Waals surface area contributed by atoms with Gasteiger partial charge >= 0.3 is 22.4 Å². The molecule has 0 aromatic heterocycles. The van der Waals surface area contributed by atoms with Gasteiger partial charge in [0.2, 0.25) is 0 Å². The Morgan fingerprint density at radius 1 is 0.850 bits per heavy atom. The van der Waals surface area contributed by atoms with Crippen molar-refractivity contribution < 1.29 is 32.3 Å². The van der Waals surface area contributed by atoms with Crippen molar-refractivity contribution >= 4 is 21.9 Å². The van der Waals surface area contributed by atoms with E-state index in [1.54, 1.807) is 0 Å². The molecule has 0 saturated heterocycles. The van der Waals surface area contributed by atoms with Gasteiger partial charge in [-0.15, -0.1) is 0 Å².